The van der Waals surface area contributed by atoms with Crippen LogP contribution in [0.25, 0.3) is 10.1 Å². The Balaban J connectivity index is 1.92. The van der Waals surface area contributed by atoms with Gasteiger partial charge in [0, 0.05) is 17.1 Å². The molecule has 0 atom stereocenters. The van der Waals surface area contributed by atoms with E-state index in [1.807, 2.05) is 31.2 Å². The van der Waals surface area contributed by atoms with Crippen molar-refractivity contribution in [2.75, 3.05) is 12.8 Å². The Morgan fingerprint density at radius 3 is 2.90 bits per heavy atom. The van der Waals surface area contributed by atoms with Crippen LogP contribution in [0.3, 0.4) is 0 Å². The van der Waals surface area contributed by atoms with Crippen molar-refractivity contribution in [1.82, 2.24) is 4.90 Å². The van der Waals surface area contributed by atoms with Crippen molar-refractivity contribution in [3.05, 3.63) is 52.8 Å². The second-order valence-electron chi connectivity index (χ2n) is 5.09. The van der Waals surface area contributed by atoms with Crippen molar-refractivity contribution in [2.45, 2.75) is 13.5 Å². The number of aryl methyl sites for hydroxylation is 1. The molecule has 0 aliphatic carbocycles. The summed E-state index contributed by atoms with van der Waals surface area (Å²) < 4.78 is 6.32. The van der Waals surface area contributed by atoms with Gasteiger partial charge in [0.1, 0.15) is 10.6 Å². The lowest BCUT2D eigenvalue weighted by molar-refractivity contribution is 0.0781. The largest absolute Gasteiger partial charge is 0.467 e. The summed E-state index contributed by atoms with van der Waals surface area (Å²) in [6.07, 6.45) is 1.60. The minimum absolute atomic E-state index is 0.0808. The zero-order chi connectivity index (χ0) is 15.0. The van der Waals surface area contributed by atoms with Gasteiger partial charge in [-0.15, -0.1) is 11.3 Å². The summed E-state index contributed by atoms with van der Waals surface area (Å²) in [4.78, 5) is 14.8. The van der Waals surface area contributed by atoms with E-state index >= 15 is 0 Å². The molecule has 0 unspecified atom stereocenters. The summed E-state index contributed by atoms with van der Waals surface area (Å²) in [6, 6.07) is 9.69. The maximum absolute atomic E-state index is 12.6. The molecule has 0 bridgehead atoms. The first-order valence-electron chi connectivity index (χ1n) is 6.62. The van der Waals surface area contributed by atoms with Crippen molar-refractivity contribution in [3.63, 3.8) is 0 Å². The highest BCUT2D eigenvalue weighted by molar-refractivity contribution is 7.21. The number of carbonyl (C=O) groups is 1. The number of furan rings is 1. The first-order valence-corrected chi connectivity index (χ1v) is 7.44. The Kier molecular flexibility index (Phi) is 3.43. The average Bonchev–Trinajstić information content (AvgIpc) is 3.06. The highest BCUT2D eigenvalue weighted by Crippen LogP contribution is 2.35. The van der Waals surface area contributed by atoms with Crippen LogP contribution in [-0.2, 0) is 6.54 Å². The van der Waals surface area contributed by atoms with E-state index in [1.165, 1.54) is 11.3 Å². The van der Waals surface area contributed by atoms with Crippen molar-refractivity contribution in [1.29, 1.82) is 0 Å². The van der Waals surface area contributed by atoms with Crippen LogP contribution in [0.15, 0.2) is 41.0 Å². The number of nitrogens with two attached hydrogens (primary N) is 1. The Morgan fingerprint density at radius 2 is 2.19 bits per heavy atom. The molecule has 0 saturated carbocycles. The molecule has 2 aromatic heterocycles. The van der Waals surface area contributed by atoms with Crippen LogP contribution >= 0.6 is 11.3 Å². The molecular weight excluding hydrogens is 284 g/mol. The van der Waals surface area contributed by atoms with E-state index in [0.29, 0.717) is 17.1 Å². The standard InChI is InChI=1S/C16H16N2O2S/c1-10-5-6-12-13(8-10)21-15(14(12)17)16(19)18(2)9-11-4-3-7-20-11/h3-8H,9,17H2,1-2H3. The Labute approximate surface area is 126 Å². The lowest BCUT2D eigenvalue weighted by Gasteiger charge is -2.14. The molecule has 2 N–H and O–H groups in total. The molecule has 4 nitrogen and oxygen atoms in total. The quantitative estimate of drug-likeness (QED) is 0.803. The normalized spacial score (nSPS) is 11.0. The summed E-state index contributed by atoms with van der Waals surface area (Å²) in [5.41, 5.74) is 7.86. The van der Waals surface area contributed by atoms with Crippen molar-refractivity contribution in [2.24, 2.45) is 0 Å². The van der Waals surface area contributed by atoms with Gasteiger partial charge < -0.3 is 15.1 Å². The highest BCUT2D eigenvalue weighted by atomic mass is 32.1. The number of anilines is 1. The molecule has 1 aromatic carbocycles. The monoisotopic (exact) mass is 300 g/mol. The number of benzene rings is 1. The maximum Gasteiger partial charge on any atom is 0.266 e. The van der Waals surface area contributed by atoms with Crippen LogP contribution < -0.4 is 5.73 Å². The van der Waals surface area contributed by atoms with Crippen molar-refractivity contribution in [3.8, 4) is 0 Å². The zero-order valence-electron chi connectivity index (χ0n) is 11.9. The third-order valence-electron chi connectivity index (χ3n) is 3.40. The molecule has 21 heavy (non-hydrogen) atoms. The molecule has 0 aliphatic rings. The fourth-order valence-electron chi connectivity index (χ4n) is 2.26. The third-order valence-corrected chi connectivity index (χ3v) is 4.55. The van der Waals surface area contributed by atoms with E-state index in [2.05, 4.69) is 6.07 Å². The first kappa shape index (κ1) is 13.7. The molecular formula is C16H16N2O2S. The summed E-state index contributed by atoms with van der Waals surface area (Å²) in [5.74, 6) is 0.670. The van der Waals surface area contributed by atoms with Gasteiger partial charge in [0.2, 0.25) is 0 Å². The van der Waals surface area contributed by atoms with E-state index in [4.69, 9.17) is 10.2 Å². The van der Waals surface area contributed by atoms with Gasteiger partial charge >= 0.3 is 0 Å². The fraction of sp³-hybridized carbons (Fsp3) is 0.188. The Hall–Kier alpha value is -2.27. The highest BCUT2D eigenvalue weighted by Gasteiger charge is 2.20. The number of nitrogens with zero attached hydrogens (tertiary/aromatic N) is 1. The molecule has 3 rings (SSSR count). The topological polar surface area (TPSA) is 59.5 Å². The summed E-state index contributed by atoms with van der Waals surface area (Å²) in [6.45, 7) is 2.46. The van der Waals surface area contributed by atoms with Gasteiger partial charge in [-0.25, -0.2) is 0 Å². The van der Waals surface area contributed by atoms with E-state index in [9.17, 15) is 4.79 Å². The van der Waals surface area contributed by atoms with E-state index < -0.39 is 0 Å². The van der Waals surface area contributed by atoms with Crippen molar-refractivity contribution >= 4 is 33.0 Å². The minimum Gasteiger partial charge on any atom is -0.467 e. The smallest absolute Gasteiger partial charge is 0.266 e. The molecule has 0 saturated heterocycles. The predicted molar refractivity (Wildman–Crippen MR) is 85.5 cm³/mol. The van der Waals surface area contributed by atoms with E-state index in [-0.39, 0.29) is 5.91 Å². The molecule has 108 valence electrons. The minimum atomic E-state index is -0.0808. The number of nitrogen functional groups attached to an aromatic ring is 1. The van der Waals surface area contributed by atoms with Crippen LogP contribution in [0.4, 0.5) is 5.69 Å². The van der Waals surface area contributed by atoms with Crippen molar-refractivity contribution < 1.29 is 9.21 Å². The second kappa shape index (κ2) is 5.26. The second-order valence-corrected chi connectivity index (χ2v) is 6.14. The number of carbonyl (C=O) groups excluding carboxylic acids is 1. The van der Waals surface area contributed by atoms with E-state index in [1.54, 1.807) is 18.2 Å². The molecule has 0 aliphatic heterocycles. The van der Waals surface area contributed by atoms with Gasteiger partial charge in [-0.1, -0.05) is 12.1 Å². The molecule has 5 heteroatoms. The van der Waals surface area contributed by atoms with Crippen LogP contribution in [-0.4, -0.2) is 17.9 Å². The summed E-state index contributed by atoms with van der Waals surface area (Å²) in [5, 5.41) is 0.945. The lowest BCUT2D eigenvalue weighted by atomic mass is 10.1. The number of hydrogen-bond acceptors (Lipinski definition) is 4. The Bertz CT molecular complexity index is 790. The summed E-state index contributed by atoms with van der Waals surface area (Å²) in [7, 11) is 1.75. The fourth-order valence-corrected chi connectivity index (χ4v) is 3.48. The van der Waals surface area contributed by atoms with Gasteiger partial charge in [0.25, 0.3) is 5.91 Å². The maximum atomic E-state index is 12.6. The van der Waals surface area contributed by atoms with Gasteiger partial charge in [-0.05, 0) is 30.7 Å². The van der Waals surface area contributed by atoms with Crippen LogP contribution in [0.5, 0.6) is 0 Å². The molecule has 3 aromatic rings. The Morgan fingerprint density at radius 1 is 1.38 bits per heavy atom. The molecule has 0 radical (unpaired) electrons. The number of thiophene rings is 1. The van der Waals surface area contributed by atoms with Crippen LogP contribution in [0, 0.1) is 6.92 Å². The number of rotatable bonds is 3. The van der Waals surface area contributed by atoms with Gasteiger partial charge in [-0.3, -0.25) is 4.79 Å². The van der Waals surface area contributed by atoms with Gasteiger partial charge in [0.05, 0.1) is 18.5 Å². The number of hydrogen-bond donors (Lipinski definition) is 1. The van der Waals surface area contributed by atoms with E-state index in [0.717, 1.165) is 21.4 Å². The van der Waals surface area contributed by atoms with Gasteiger partial charge in [-0.2, -0.15) is 0 Å². The first-order chi connectivity index (χ1) is 10.1. The van der Waals surface area contributed by atoms with Crippen LogP contribution in [0.1, 0.15) is 21.0 Å². The lowest BCUT2D eigenvalue weighted by Crippen LogP contribution is -2.25. The third kappa shape index (κ3) is 2.52. The molecule has 2 heterocycles. The predicted octanol–water partition coefficient (Wildman–Crippen LogP) is 3.66. The average molecular weight is 300 g/mol. The number of amides is 1. The number of fused-ring (bicyclic) bond motifs is 1. The zero-order valence-corrected chi connectivity index (χ0v) is 12.7. The van der Waals surface area contributed by atoms with Crippen LogP contribution in [0.2, 0.25) is 0 Å². The summed E-state index contributed by atoms with van der Waals surface area (Å²) >= 11 is 1.44. The molecule has 0 spiro atoms. The SMILES string of the molecule is Cc1ccc2c(N)c(C(=O)N(C)Cc3ccco3)sc2c1. The molecule has 0 fully saturated rings. The van der Waals surface area contributed by atoms with Gasteiger partial charge in [0.15, 0.2) is 0 Å². The molecule has 1 amide bonds.